The highest BCUT2D eigenvalue weighted by atomic mass is 16.5. The average molecular weight is 255 g/mol. The molecule has 18 heavy (non-hydrogen) atoms. The fraction of sp³-hybridized carbons (Fsp3) is 0.923. The van der Waals surface area contributed by atoms with Crippen molar-refractivity contribution in [2.45, 2.75) is 19.8 Å². The average Bonchev–Trinajstić information content (AvgIpc) is 2.46. The van der Waals surface area contributed by atoms with E-state index >= 15 is 0 Å². The Kier molecular flexibility index (Phi) is 5.26. The lowest BCUT2D eigenvalue weighted by atomic mass is 9.97. The minimum Gasteiger partial charge on any atom is -0.378 e. The molecule has 2 fully saturated rings. The van der Waals surface area contributed by atoms with Crippen LogP contribution in [0.1, 0.15) is 19.8 Å². The zero-order valence-corrected chi connectivity index (χ0v) is 11.4. The first-order valence-electron chi connectivity index (χ1n) is 7.13. The Hall–Kier alpha value is -0.810. The molecule has 2 saturated heterocycles. The van der Waals surface area contributed by atoms with Gasteiger partial charge in [0.25, 0.3) is 0 Å². The molecular formula is C13H25N3O2. The molecule has 0 aliphatic carbocycles. The third-order valence-corrected chi connectivity index (χ3v) is 3.85. The first kappa shape index (κ1) is 13.6. The maximum absolute atomic E-state index is 12.3. The second-order valence-electron chi connectivity index (χ2n) is 5.12. The molecule has 2 aliphatic heterocycles. The SMILES string of the molecule is CCNCC1CCN(C(=O)N2CCOCC2)CC1. The Bertz CT molecular complexity index is 259. The number of ether oxygens (including phenoxy) is 1. The quantitative estimate of drug-likeness (QED) is 0.810. The Morgan fingerprint density at radius 2 is 1.78 bits per heavy atom. The third kappa shape index (κ3) is 3.59. The Morgan fingerprint density at radius 1 is 1.17 bits per heavy atom. The number of rotatable bonds is 3. The van der Waals surface area contributed by atoms with Crippen molar-refractivity contribution in [1.82, 2.24) is 15.1 Å². The predicted molar refractivity (Wildman–Crippen MR) is 70.6 cm³/mol. The normalized spacial score (nSPS) is 22.3. The van der Waals surface area contributed by atoms with E-state index in [0.717, 1.165) is 58.0 Å². The summed E-state index contributed by atoms with van der Waals surface area (Å²) in [6.45, 7) is 8.94. The van der Waals surface area contributed by atoms with Crippen molar-refractivity contribution in [1.29, 1.82) is 0 Å². The van der Waals surface area contributed by atoms with Crippen LogP contribution in [0.5, 0.6) is 0 Å². The monoisotopic (exact) mass is 255 g/mol. The molecule has 0 atom stereocenters. The second-order valence-corrected chi connectivity index (χ2v) is 5.12. The van der Waals surface area contributed by atoms with Gasteiger partial charge in [0, 0.05) is 26.2 Å². The molecule has 0 bridgehead atoms. The van der Waals surface area contributed by atoms with Crippen LogP contribution in [-0.2, 0) is 4.74 Å². The highest BCUT2D eigenvalue weighted by Crippen LogP contribution is 2.18. The third-order valence-electron chi connectivity index (χ3n) is 3.85. The van der Waals surface area contributed by atoms with Gasteiger partial charge in [0.05, 0.1) is 13.2 Å². The largest absolute Gasteiger partial charge is 0.378 e. The highest BCUT2D eigenvalue weighted by molar-refractivity contribution is 5.74. The van der Waals surface area contributed by atoms with Crippen molar-refractivity contribution >= 4 is 6.03 Å². The van der Waals surface area contributed by atoms with Gasteiger partial charge in [-0.15, -0.1) is 0 Å². The molecular weight excluding hydrogens is 230 g/mol. The van der Waals surface area contributed by atoms with E-state index < -0.39 is 0 Å². The van der Waals surface area contributed by atoms with Crippen molar-refractivity contribution in [2.75, 3.05) is 52.5 Å². The Balaban J connectivity index is 1.73. The molecule has 5 heteroatoms. The van der Waals surface area contributed by atoms with Gasteiger partial charge in [-0.1, -0.05) is 6.92 Å². The number of hydrogen-bond donors (Lipinski definition) is 1. The van der Waals surface area contributed by atoms with E-state index in [1.54, 1.807) is 0 Å². The fourth-order valence-electron chi connectivity index (χ4n) is 2.63. The van der Waals surface area contributed by atoms with Crippen LogP contribution in [0.2, 0.25) is 0 Å². The number of amides is 2. The van der Waals surface area contributed by atoms with Gasteiger partial charge < -0.3 is 19.9 Å². The topological polar surface area (TPSA) is 44.8 Å². The molecule has 0 aromatic rings. The number of carbonyl (C=O) groups is 1. The molecule has 0 radical (unpaired) electrons. The predicted octanol–water partition coefficient (Wildman–Crippen LogP) is 0.760. The summed E-state index contributed by atoms with van der Waals surface area (Å²) in [5.41, 5.74) is 0. The van der Waals surface area contributed by atoms with Crippen LogP contribution in [-0.4, -0.2) is 68.3 Å². The van der Waals surface area contributed by atoms with E-state index in [1.165, 1.54) is 0 Å². The molecule has 0 unspecified atom stereocenters. The molecule has 2 rings (SSSR count). The van der Waals surface area contributed by atoms with Gasteiger partial charge in [0.1, 0.15) is 0 Å². The molecule has 1 N–H and O–H groups in total. The molecule has 0 aromatic carbocycles. The number of hydrogen-bond acceptors (Lipinski definition) is 3. The lowest BCUT2D eigenvalue weighted by Gasteiger charge is -2.37. The summed E-state index contributed by atoms with van der Waals surface area (Å²) in [4.78, 5) is 16.2. The van der Waals surface area contributed by atoms with Crippen molar-refractivity contribution in [3.8, 4) is 0 Å². The van der Waals surface area contributed by atoms with Crippen molar-refractivity contribution < 1.29 is 9.53 Å². The van der Waals surface area contributed by atoms with Gasteiger partial charge in [-0.3, -0.25) is 0 Å². The van der Waals surface area contributed by atoms with Crippen LogP contribution in [0.25, 0.3) is 0 Å². The van der Waals surface area contributed by atoms with E-state index in [2.05, 4.69) is 12.2 Å². The zero-order valence-electron chi connectivity index (χ0n) is 11.4. The van der Waals surface area contributed by atoms with E-state index in [0.29, 0.717) is 13.2 Å². The van der Waals surface area contributed by atoms with Gasteiger partial charge in [-0.2, -0.15) is 0 Å². The van der Waals surface area contributed by atoms with Crippen molar-refractivity contribution in [3.63, 3.8) is 0 Å². The Labute approximate surface area is 109 Å². The molecule has 0 spiro atoms. The van der Waals surface area contributed by atoms with Crippen molar-refractivity contribution in [3.05, 3.63) is 0 Å². The Morgan fingerprint density at radius 3 is 2.39 bits per heavy atom. The van der Waals surface area contributed by atoms with Gasteiger partial charge in [0.2, 0.25) is 0 Å². The minimum atomic E-state index is 0.209. The second kappa shape index (κ2) is 6.95. The lowest BCUT2D eigenvalue weighted by Crippen LogP contribution is -2.50. The molecule has 2 heterocycles. The van der Waals surface area contributed by atoms with E-state index in [1.807, 2.05) is 9.80 Å². The van der Waals surface area contributed by atoms with Crippen LogP contribution in [0.3, 0.4) is 0 Å². The lowest BCUT2D eigenvalue weighted by molar-refractivity contribution is 0.0401. The van der Waals surface area contributed by atoms with E-state index in [9.17, 15) is 4.79 Å². The van der Waals surface area contributed by atoms with Crippen LogP contribution in [0, 0.1) is 5.92 Å². The zero-order chi connectivity index (χ0) is 12.8. The maximum Gasteiger partial charge on any atom is 0.320 e. The summed E-state index contributed by atoms with van der Waals surface area (Å²) in [6, 6.07) is 0.209. The van der Waals surface area contributed by atoms with Gasteiger partial charge in [-0.25, -0.2) is 4.79 Å². The first-order valence-corrected chi connectivity index (χ1v) is 7.13. The summed E-state index contributed by atoms with van der Waals surface area (Å²) in [7, 11) is 0. The van der Waals surface area contributed by atoms with Crippen LogP contribution in [0.4, 0.5) is 4.79 Å². The van der Waals surface area contributed by atoms with Gasteiger partial charge >= 0.3 is 6.03 Å². The van der Waals surface area contributed by atoms with Gasteiger partial charge in [-0.05, 0) is 31.8 Å². The number of urea groups is 1. The molecule has 0 saturated carbocycles. The summed E-state index contributed by atoms with van der Waals surface area (Å²) >= 11 is 0. The van der Waals surface area contributed by atoms with Gasteiger partial charge in [0.15, 0.2) is 0 Å². The fourth-order valence-corrected chi connectivity index (χ4v) is 2.63. The molecule has 0 aromatic heterocycles. The summed E-state index contributed by atoms with van der Waals surface area (Å²) in [6.07, 6.45) is 2.26. The first-order chi connectivity index (χ1) is 8.81. The van der Waals surface area contributed by atoms with E-state index in [-0.39, 0.29) is 6.03 Å². The van der Waals surface area contributed by atoms with Crippen LogP contribution < -0.4 is 5.32 Å². The number of piperidine rings is 1. The van der Waals surface area contributed by atoms with Crippen molar-refractivity contribution in [2.24, 2.45) is 5.92 Å². The smallest absolute Gasteiger partial charge is 0.320 e. The summed E-state index contributed by atoms with van der Waals surface area (Å²) in [5, 5.41) is 3.40. The summed E-state index contributed by atoms with van der Waals surface area (Å²) < 4.78 is 5.28. The molecule has 2 aliphatic rings. The molecule has 2 amide bonds. The number of likely N-dealkylation sites (tertiary alicyclic amines) is 1. The highest BCUT2D eigenvalue weighted by Gasteiger charge is 2.26. The molecule has 104 valence electrons. The van der Waals surface area contributed by atoms with E-state index in [4.69, 9.17) is 4.74 Å². The number of nitrogens with zero attached hydrogens (tertiary/aromatic N) is 2. The summed E-state index contributed by atoms with van der Waals surface area (Å²) in [5.74, 6) is 0.735. The minimum absolute atomic E-state index is 0.209. The maximum atomic E-state index is 12.3. The van der Waals surface area contributed by atoms with Crippen LogP contribution in [0.15, 0.2) is 0 Å². The number of carbonyl (C=O) groups excluding carboxylic acids is 1. The van der Waals surface area contributed by atoms with Crippen LogP contribution >= 0.6 is 0 Å². The number of nitrogens with one attached hydrogen (secondary N) is 1. The standard InChI is InChI=1S/C13H25N3O2/c1-2-14-11-12-3-5-15(6-4-12)13(17)16-7-9-18-10-8-16/h12,14H,2-11H2,1H3. The number of morpholine rings is 1. The molecule has 5 nitrogen and oxygen atoms in total.